The van der Waals surface area contributed by atoms with Crippen LogP contribution in [-0.4, -0.2) is 29.9 Å². The van der Waals surface area contributed by atoms with E-state index in [2.05, 4.69) is 10.6 Å². The van der Waals surface area contributed by atoms with E-state index in [0.717, 1.165) is 37.1 Å². The van der Waals surface area contributed by atoms with Gasteiger partial charge in [-0.05, 0) is 42.9 Å². The maximum Gasteiger partial charge on any atom is 0.321 e. The van der Waals surface area contributed by atoms with Crippen LogP contribution in [0.1, 0.15) is 31.2 Å². The lowest BCUT2D eigenvalue weighted by atomic mass is 9.93. The van der Waals surface area contributed by atoms with E-state index in [1.54, 1.807) is 0 Å². The van der Waals surface area contributed by atoms with E-state index >= 15 is 0 Å². The molecule has 0 unspecified atom stereocenters. The Balaban J connectivity index is 1.40. The minimum absolute atomic E-state index is 0.0561. The topological polar surface area (TPSA) is 61.4 Å². The molecule has 1 aliphatic heterocycles. The normalized spacial score (nSPS) is 16.6. The molecule has 5 heteroatoms. The van der Waals surface area contributed by atoms with E-state index < -0.39 is 0 Å². The van der Waals surface area contributed by atoms with Crippen molar-refractivity contribution in [3.63, 3.8) is 0 Å². The zero-order valence-electron chi connectivity index (χ0n) is 15.6. The van der Waals surface area contributed by atoms with Crippen LogP contribution in [-0.2, 0) is 11.3 Å². The minimum Gasteiger partial charge on any atom is -0.352 e. The van der Waals surface area contributed by atoms with Crippen LogP contribution in [0.2, 0.25) is 0 Å². The number of nitrogens with zero attached hydrogens (tertiary/aromatic N) is 1. The Hall–Kier alpha value is -2.82. The van der Waals surface area contributed by atoms with E-state index in [9.17, 15) is 9.59 Å². The number of urea groups is 1. The summed E-state index contributed by atoms with van der Waals surface area (Å²) in [7, 11) is 0. The molecule has 142 valence electrons. The van der Waals surface area contributed by atoms with E-state index in [-0.39, 0.29) is 11.9 Å². The molecule has 1 saturated heterocycles. The molecular weight excluding hydrogens is 338 g/mol. The van der Waals surface area contributed by atoms with Crippen molar-refractivity contribution in [3.05, 3.63) is 66.2 Å². The fourth-order valence-electron chi connectivity index (χ4n) is 3.43. The van der Waals surface area contributed by atoms with Gasteiger partial charge in [0.15, 0.2) is 0 Å². The van der Waals surface area contributed by atoms with Gasteiger partial charge < -0.3 is 15.5 Å². The highest BCUT2D eigenvalue weighted by Gasteiger charge is 2.24. The number of nitrogens with one attached hydrogen (secondary N) is 2. The van der Waals surface area contributed by atoms with Crippen LogP contribution in [0.25, 0.3) is 0 Å². The number of amides is 3. The van der Waals surface area contributed by atoms with Crippen molar-refractivity contribution in [1.29, 1.82) is 0 Å². The van der Waals surface area contributed by atoms with Crippen molar-refractivity contribution in [3.8, 4) is 0 Å². The Kier molecular flexibility index (Phi) is 6.85. The lowest BCUT2D eigenvalue weighted by Crippen LogP contribution is -2.42. The van der Waals surface area contributed by atoms with Crippen molar-refractivity contribution >= 4 is 17.6 Å². The molecule has 5 nitrogen and oxygen atoms in total. The van der Waals surface area contributed by atoms with Gasteiger partial charge in [-0.1, -0.05) is 48.5 Å². The van der Waals surface area contributed by atoms with Crippen molar-refractivity contribution in [2.24, 2.45) is 5.92 Å². The van der Waals surface area contributed by atoms with E-state index in [1.165, 1.54) is 0 Å². The zero-order chi connectivity index (χ0) is 18.9. The fraction of sp³-hybridized carbons (Fsp3) is 0.364. The highest BCUT2D eigenvalue weighted by atomic mass is 16.2. The number of rotatable bonds is 6. The molecule has 0 bridgehead atoms. The summed E-state index contributed by atoms with van der Waals surface area (Å²) in [6.07, 6.45) is 3.38. The Labute approximate surface area is 160 Å². The van der Waals surface area contributed by atoms with Gasteiger partial charge in [-0.15, -0.1) is 0 Å². The molecule has 1 aliphatic rings. The first-order valence-electron chi connectivity index (χ1n) is 9.62. The molecule has 3 amide bonds. The molecule has 0 aromatic heterocycles. The van der Waals surface area contributed by atoms with E-state index in [1.807, 2.05) is 65.6 Å². The number of likely N-dealkylation sites (tertiary alicyclic amines) is 1. The predicted octanol–water partition coefficient (Wildman–Crippen LogP) is 4.03. The predicted molar refractivity (Wildman–Crippen MR) is 107 cm³/mol. The van der Waals surface area contributed by atoms with Crippen LogP contribution in [0.3, 0.4) is 0 Å². The van der Waals surface area contributed by atoms with Gasteiger partial charge in [0.25, 0.3) is 0 Å². The summed E-state index contributed by atoms with van der Waals surface area (Å²) in [5.41, 5.74) is 1.91. The standard InChI is InChI=1S/C22H27N3O2/c26-21(23-16-18-8-3-1-4-9-18)14-13-19-10-7-15-25(17-19)22(27)24-20-11-5-2-6-12-20/h1-6,8-9,11-12,19H,7,10,13-17H2,(H,23,26)(H,24,27)/t19-/m1/s1. The van der Waals surface area contributed by atoms with E-state index in [0.29, 0.717) is 25.4 Å². The SMILES string of the molecule is O=C(CC[C@H]1CCCN(C(=O)Nc2ccccc2)C1)NCc1ccccc1. The largest absolute Gasteiger partial charge is 0.352 e. The minimum atomic E-state index is -0.0561. The molecule has 2 N–H and O–H groups in total. The number of hydrogen-bond acceptors (Lipinski definition) is 2. The molecule has 2 aromatic carbocycles. The van der Waals surface area contributed by atoms with Gasteiger partial charge in [-0.2, -0.15) is 0 Å². The van der Waals surface area contributed by atoms with Gasteiger partial charge in [-0.3, -0.25) is 4.79 Å². The first-order chi connectivity index (χ1) is 13.2. The molecule has 2 aromatic rings. The third-order valence-electron chi connectivity index (χ3n) is 4.94. The van der Waals surface area contributed by atoms with Gasteiger partial charge in [0.2, 0.25) is 5.91 Å². The van der Waals surface area contributed by atoms with Crippen molar-refractivity contribution in [1.82, 2.24) is 10.2 Å². The summed E-state index contributed by atoms with van der Waals surface area (Å²) in [4.78, 5) is 26.4. The van der Waals surface area contributed by atoms with Crippen molar-refractivity contribution in [2.75, 3.05) is 18.4 Å². The zero-order valence-corrected chi connectivity index (χ0v) is 15.6. The quantitative estimate of drug-likeness (QED) is 0.812. The third-order valence-corrected chi connectivity index (χ3v) is 4.94. The van der Waals surface area contributed by atoms with Crippen LogP contribution in [0, 0.1) is 5.92 Å². The molecule has 3 rings (SSSR count). The highest BCUT2D eigenvalue weighted by Crippen LogP contribution is 2.22. The van der Waals surface area contributed by atoms with Crippen LogP contribution < -0.4 is 10.6 Å². The molecule has 0 radical (unpaired) electrons. The van der Waals surface area contributed by atoms with Crippen LogP contribution in [0.15, 0.2) is 60.7 Å². The van der Waals surface area contributed by atoms with Crippen LogP contribution >= 0.6 is 0 Å². The number of anilines is 1. The second kappa shape index (κ2) is 9.76. The van der Waals surface area contributed by atoms with Crippen molar-refractivity contribution in [2.45, 2.75) is 32.2 Å². The first kappa shape index (κ1) is 19.0. The number of para-hydroxylation sites is 1. The smallest absolute Gasteiger partial charge is 0.321 e. The summed E-state index contributed by atoms with van der Waals surface area (Å²) >= 11 is 0. The number of hydrogen-bond donors (Lipinski definition) is 2. The number of piperidine rings is 1. The van der Waals surface area contributed by atoms with Gasteiger partial charge >= 0.3 is 6.03 Å². The summed E-state index contributed by atoms with van der Waals surface area (Å²) in [6.45, 7) is 2.05. The average Bonchev–Trinajstić information content (AvgIpc) is 2.72. The summed E-state index contributed by atoms with van der Waals surface area (Å²) in [5, 5.41) is 5.92. The van der Waals surface area contributed by atoms with Gasteiger partial charge in [0.05, 0.1) is 0 Å². The molecule has 1 fully saturated rings. The average molecular weight is 365 g/mol. The Morgan fingerprint density at radius 2 is 1.70 bits per heavy atom. The van der Waals surface area contributed by atoms with Crippen molar-refractivity contribution < 1.29 is 9.59 Å². The Morgan fingerprint density at radius 3 is 2.44 bits per heavy atom. The Bertz CT molecular complexity index is 734. The van der Waals surface area contributed by atoms with E-state index in [4.69, 9.17) is 0 Å². The molecule has 1 atom stereocenters. The molecule has 0 saturated carbocycles. The third kappa shape index (κ3) is 6.13. The molecule has 27 heavy (non-hydrogen) atoms. The van der Waals surface area contributed by atoms with Gasteiger partial charge in [0, 0.05) is 31.7 Å². The summed E-state index contributed by atoms with van der Waals surface area (Å²) < 4.78 is 0. The monoisotopic (exact) mass is 365 g/mol. The summed E-state index contributed by atoms with van der Waals surface area (Å²) in [5.74, 6) is 0.451. The van der Waals surface area contributed by atoms with Crippen LogP contribution in [0.4, 0.5) is 10.5 Å². The van der Waals surface area contributed by atoms with Crippen LogP contribution in [0.5, 0.6) is 0 Å². The number of carbonyl (C=O) groups is 2. The maximum atomic E-state index is 12.4. The van der Waals surface area contributed by atoms with Gasteiger partial charge in [0.1, 0.15) is 0 Å². The number of benzene rings is 2. The first-order valence-corrected chi connectivity index (χ1v) is 9.62. The lowest BCUT2D eigenvalue weighted by molar-refractivity contribution is -0.121. The highest BCUT2D eigenvalue weighted by molar-refractivity contribution is 5.89. The second-order valence-electron chi connectivity index (χ2n) is 7.05. The Morgan fingerprint density at radius 1 is 1.00 bits per heavy atom. The molecular formula is C22H27N3O2. The fourth-order valence-corrected chi connectivity index (χ4v) is 3.43. The maximum absolute atomic E-state index is 12.4. The summed E-state index contributed by atoms with van der Waals surface area (Å²) in [6, 6.07) is 19.4. The number of carbonyl (C=O) groups excluding carboxylic acids is 2. The molecule has 1 heterocycles. The second-order valence-corrected chi connectivity index (χ2v) is 7.05. The molecule has 0 aliphatic carbocycles. The molecule has 0 spiro atoms. The van der Waals surface area contributed by atoms with Gasteiger partial charge in [-0.25, -0.2) is 4.79 Å². The lowest BCUT2D eigenvalue weighted by Gasteiger charge is -2.32.